The molecule has 2 atom stereocenters. The minimum Gasteiger partial charge on any atom is -0.336 e. The van der Waals surface area contributed by atoms with Crippen molar-refractivity contribution in [2.45, 2.75) is 38.1 Å². The van der Waals surface area contributed by atoms with Crippen molar-refractivity contribution < 1.29 is 4.79 Å². The van der Waals surface area contributed by atoms with Gasteiger partial charge in [0.05, 0.1) is 4.88 Å². The molecule has 1 aliphatic heterocycles. The molecule has 3 rings (SSSR count). The van der Waals surface area contributed by atoms with Crippen molar-refractivity contribution in [3.05, 3.63) is 57.8 Å². The fraction of sp³-hybridized carbons (Fsp3) is 0.421. The Labute approximate surface area is 142 Å². The molecule has 1 fully saturated rings. The number of nitrogens with two attached hydrogens (primary N) is 1. The van der Waals surface area contributed by atoms with E-state index in [1.165, 1.54) is 22.5 Å². The van der Waals surface area contributed by atoms with Crippen LogP contribution in [0, 0.1) is 0 Å². The predicted molar refractivity (Wildman–Crippen MR) is 96.1 cm³/mol. The lowest BCUT2D eigenvalue weighted by Gasteiger charge is -2.36. The molecule has 1 aromatic heterocycles. The first-order valence-corrected chi connectivity index (χ1v) is 9.10. The van der Waals surface area contributed by atoms with Gasteiger partial charge in [-0.05, 0) is 34.9 Å². The summed E-state index contributed by atoms with van der Waals surface area (Å²) in [5, 5.41) is 1.94. The monoisotopic (exact) mass is 328 g/mol. The first-order valence-electron chi connectivity index (χ1n) is 8.23. The Balaban J connectivity index is 1.76. The zero-order chi connectivity index (χ0) is 16.4. The zero-order valence-corrected chi connectivity index (χ0v) is 14.6. The van der Waals surface area contributed by atoms with E-state index in [1.54, 1.807) is 0 Å². The van der Waals surface area contributed by atoms with E-state index in [4.69, 9.17) is 5.73 Å². The molecule has 0 aliphatic carbocycles. The van der Waals surface area contributed by atoms with Crippen LogP contribution in [0.3, 0.4) is 0 Å². The van der Waals surface area contributed by atoms with Gasteiger partial charge < -0.3 is 10.6 Å². The van der Waals surface area contributed by atoms with Gasteiger partial charge in [-0.15, -0.1) is 11.3 Å². The van der Waals surface area contributed by atoms with Gasteiger partial charge in [-0.2, -0.15) is 0 Å². The number of hydrogen-bond donors (Lipinski definition) is 1. The smallest absolute Gasteiger partial charge is 0.263 e. The predicted octanol–water partition coefficient (Wildman–Crippen LogP) is 3.83. The Bertz CT molecular complexity index is 649. The standard InChI is InChI=1S/C19H24N2OS/c1-13(2)14-5-7-15(8-6-14)16-10-17(20)12-21(11-16)19(22)18-4-3-9-23-18/h3-9,13,16-17H,10-12,20H2,1-2H3. The molecule has 122 valence electrons. The third kappa shape index (κ3) is 3.65. The van der Waals surface area contributed by atoms with Crippen LogP contribution >= 0.6 is 11.3 Å². The molecule has 1 aromatic carbocycles. The second kappa shape index (κ2) is 6.85. The van der Waals surface area contributed by atoms with Crippen molar-refractivity contribution >= 4 is 17.2 Å². The fourth-order valence-corrected chi connectivity index (χ4v) is 3.95. The molecule has 0 bridgehead atoms. The molecule has 2 aromatic rings. The second-order valence-corrected chi connectivity index (χ2v) is 7.65. The summed E-state index contributed by atoms with van der Waals surface area (Å²) >= 11 is 1.50. The average Bonchev–Trinajstić information content (AvgIpc) is 3.08. The van der Waals surface area contributed by atoms with Crippen LogP contribution in [0.2, 0.25) is 0 Å². The molecule has 0 spiro atoms. The minimum absolute atomic E-state index is 0.0439. The highest BCUT2D eigenvalue weighted by Crippen LogP contribution is 2.29. The number of carbonyl (C=O) groups excluding carboxylic acids is 1. The molecule has 4 heteroatoms. The van der Waals surface area contributed by atoms with E-state index in [0.29, 0.717) is 18.4 Å². The number of benzene rings is 1. The summed E-state index contributed by atoms with van der Waals surface area (Å²) in [6.07, 6.45) is 0.940. The highest BCUT2D eigenvalue weighted by molar-refractivity contribution is 7.12. The number of carbonyl (C=O) groups is 1. The largest absolute Gasteiger partial charge is 0.336 e. The Kier molecular flexibility index (Phi) is 4.83. The lowest BCUT2D eigenvalue weighted by atomic mass is 9.87. The summed E-state index contributed by atoms with van der Waals surface area (Å²) in [6, 6.07) is 12.7. The van der Waals surface area contributed by atoms with Gasteiger partial charge in [0.1, 0.15) is 0 Å². The minimum atomic E-state index is 0.0439. The van der Waals surface area contributed by atoms with Crippen molar-refractivity contribution in [3.63, 3.8) is 0 Å². The molecular formula is C19H24N2OS. The lowest BCUT2D eigenvalue weighted by molar-refractivity contribution is 0.0694. The van der Waals surface area contributed by atoms with Gasteiger partial charge in [0.15, 0.2) is 0 Å². The van der Waals surface area contributed by atoms with E-state index in [2.05, 4.69) is 38.1 Å². The molecule has 1 amide bonds. The van der Waals surface area contributed by atoms with Crippen LogP contribution in [0.25, 0.3) is 0 Å². The first-order chi connectivity index (χ1) is 11.0. The second-order valence-electron chi connectivity index (χ2n) is 6.70. The average molecular weight is 328 g/mol. The molecular weight excluding hydrogens is 304 g/mol. The van der Waals surface area contributed by atoms with E-state index in [1.807, 2.05) is 22.4 Å². The van der Waals surface area contributed by atoms with Gasteiger partial charge in [-0.1, -0.05) is 44.2 Å². The van der Waals surface area contributed by atoms with E-state index in [9.17, 15) is 4.79 Å². The number of rotatable bonds is 3. The van der Waals surface area contributed by atoms with Crippen LogP contribution in [0.5, 0.6) is 0 Å². The van der Waals surface area contributed by atoms with E-state index >= 15 is 0 Å². The first kappa shape index (κ1) is 16.2. The molecule has 1 aliphatic rings. The van der Waals surface area contributed by atoms with Crippen LogP contribution in [0.4, 0.5) is 0 Å². The SMILES string of the molecule is CC(C)c1ccc(C2CC(N)CN(C(=O)c3cccs3)C2)cc1. The summed E-state index contributed by atoms with van der Waals surface area (Å²) in [6.45, 7) is 5.81. The van der Waals surface area contributed by atoms with Crippen molar-refractivity contribution in [1.82, 2.24) is 4.90 Å². The summed E-state index contributed by atoms with van der Waals surface area (Å²) in [7, 11) is 0. The highest BCUT2D eigenvalue weighted by atomic mass is 32.1. The van der Waals surface area contributed by atoms with Gasteiger partial charge in [0.25, 0.3) is 5.91 Å². The molecule has 3 nitrogen and oxygen atoms in total. The van der Waals surface area contributed by atoms with Gasteiger partial charge in [0.2, 0.25) is 0 Å². The molecule has 2 heterocycles. The molecule has 0 saturated carbocycles. The Morgan fingerprint density at radius 2 is 1.96 bits per heavy atom. The number of amides is 1. The van der Waals surface area contributed by atoms with E-state index in [0.717, 1.165) is 17.8 Å². The lowest BCUT2D eigenvalue weighted by Crippen LogP contribution is -2.48. The van der Waals surface area contributed by atoms with Crippen molar-refractivity contribution in [2.75, 3.05) is 13.1 Å². The molecule has 2 N–H and O–H groups in total. The Hall–Kier alpha value is -1.65. The third-order valence-corrected chi connectivity index (χ3v) is 5.43. The number of piperidine rings is 1. The number of nitrogens with zero attached hydrogens (tertiary/aromatic N) is 1. The topological polar surface area (TPSA) is 46.3 Å². The summed E-state index contributed by atoms with van der Waals surface area (Å²) in [5.74, 6) is 0.970. The number of likely N-dealkylation sites (tertiary alicyclic amines) is 1. The summed E-state index contributed by atoms with van der Waals surface area (Å²) in [4.78, 5) is 15.3. The quantitative estimate of drug-likeness (QED) is 0.931. The number of thiophene rings is 1. The summed E-state index contributed by atoms with van der Waals surface area (Å²) in [5.41, 5.74) is 8.86. The highest BCUT2D eigenvalue weighted by Gasteiger charge is 2.29. The van der Waals surface area contributed by atoms with Crippen LogP contribution in [-0.4, -0.2) is 29.9 Å². The van der Waals surface area contributed by atoms with E-state index < -0.39 is 0 Å². The zero-order valence-electron chi connectivity index (χ0n) is 13.7. The Morgan fingerprint density at radius 3 is 2.57 bits per heavy atom. The van der Waals surface area contributed by atoms with Crippen molar-refractivity contribution in [1.29, 1.82) is 0 Å². The fourth-order valence-electron chi connectivity index (χ4n) is 3.25. The Morgan fingerprint density at radius 1 is 1.22 bits per heavy atom. The maximum atomic E-state index is 12.6. The third-order valence-electron chi connectivity index (χ3n) is 4.58. The van der Waals surface area contributed by atoms with Crippen molar-refractivity contribution in [3.8, 4) is 0 Å². The summed E-state index contributed by atoms with van der Waals surface area (Å²) < 4.78 is 0. The van der Waals surface area contributed by atoms with Gasteiger partial charge in [-0.25, -0.2) is 0 Å². The maximum Gasteiger partial charge on any atom is 0.263 e. The number of hydrogen-bond acceptors (Lipinski definition) is 3. The van der Waals surface area contributed by atoms with Crippen LogP contribution < -0.4 is 5.73 Å². The van der Waals surface area contributed by atoms with Gasteiger partial charge in [0, 0.05) is 25.0 Å². The maximum absolute atomic E-state index is 12.6. The molecule has 23 heavy (non-hydrogen) atoms. The molecule has 2 unspecified atom stereocenters. The molecule has 0 radical (unpaired) electrons. The van der Waals surface area contributed by atoms with Crippen LogP contribution in [-0.2, 0) is 0 Å². The van der Waals surface area contributed by atoms with E-state index in [-0.39, 0.29) is 11.9 Å². The van der Waals surface area contributed by atoms with Crippen LogP contribution in [0.15, 0.2) is 41.8 Å². The van der Waals surface area contributed by atoms with Crippen molar-refractivity contribution in [2.24, 2.45) is 5.73 Å². The van der Waals surface area contributed by atoms with Gasteiger partial charge in [-0.3, -0.25) is 4.79 Å². The normalized spacial score (nSPS) is 21.7. The molecule has 1 saturated heterocycles. The van der Waals surface area contributed by atoms with Crippen LogP contribution in [0.1, 0.15) is 52.9 Å². The van der Waals surface area contributed by atoms with Gasteiger partial charge >= 0.3 is 0 Å².